The van der Waals surface area contributed by atoms with E-state index in [-0.39, 0.29) is 17.1 Å². The quantitative estimate of drug-likeness (QED) is 0.496. The van der Waals surface area contributed by atoms with Crippen molar-refractivity contribution in [2.75, 3.05) is 0 Å². The lowest BCUT2D eigenvalue weighted by Gasteiger charge is -2.43. The fraction of sp³-hybridized carbons (Fsp3) is 0.538. The molecular formula is C26H38N2O3Si. The normalized spacial score (nSPS) is 21.8. The fourth-order valence-electron chi connectivity index (χ4n) is 4.20. The number of carbonyl (C=O) groups is 1. The highest BCUT2D eigenvalue weighted by molar-refractivity contribution is 6.74. The lowest BCUT2D eigenvalue weighted by molar-refractivity contribution is 0.102. The molecule has 3 rings (SSSR count). The zero-order chi connectivity index (χ0) is 23.4. The first kappa shape index (κ1) is 24.5. The molecule has 1 saturated carbocycles. The summed E-state index contributed by atoms with van der Waals surface area (Å²) in [7, 11) is -1.84. The van der Waals surface area contributed by atoms with E-state index in [1.165, 1.54) is 0 Å². The molecule has 1 N–H and O–H groups in total. The SMILES string of the molecule is CC1CC(O[Si](C)(C)C(C)(C)C)CC(c2ccncc2OC(=O)NCc2ccccc2)C1. The number of nitrogens with one attached hydrogen (secondary N) is 1. The summed E-state index contributed by atoms with van der Waals surface area (Å²) in [6, 6.07) is 11.8. The van der Waals surface area contributed by atoms with Crippen LogP contribution in [0.4, 0.5) is 4.79 Å². The second-order valence-corrected chi connectivity index (χ2v) is 15.4. The molecule has 5 nitrogen and oxygen atoms in total. The fourth-order valence-corrected chi connectivity index (χ4v) is 5.58. The van der Waals surface area contributed by atoms with E-state index in [1.54, 1.807) is 12.4 Å². The Bertz CT molecular complexity index is 895. The van der Waals surface area contributed by atoms with Crippen LogP contribution in [-0.2, 0) is 11.0 Å². The van der Waals surface area contributed by atoms with Crippen molar-refractivity contribution in [2.45, 2.75) is 83.7 Å². The van der Waals surface area contributed by atoms with E-state index in [1.807, 2.05) is 36.4 Å². The number of hydrogen-bond donors (Lipinski definition) is 1. The van der Waals surface area contributed by atoms with Crippen LogP contribution in [0.25, 0.3) is 0 Å². The van der Waals surface area contributed by atoms with Crippen LogP contribution in [0.1, 0.15) is 64.0 Å². The van der Waals surface area contributed by atoms with Crippen molar-refractivity contribution in [2.24, 2.45) is 5.92 Å². The lowest BCUT2D eigenvalue weighted by Crippen LogP contribution is -2.45. The first-order valence-corrected chi connectivity index (χ1v) is 14.6. The third-order valence-electron chi connectivity index (χ3n) is 6.91. The standard InChI is InChI=1S/C26H38N2O3Si/c1-19-14-21(16-22(15-19)31-32(5,6)26(2,3)4)23-12-13-27-18-24(23)30-25(29)28-17-20-10-8-7-9-11-20/h7-13,18-19,21-22H,14-17H2,1-6H3,(H,28,29). The van der Waals surface area contributed by atoms with E-state index in [4.69, 9.17) is 9.16 Å². The van der Waals surface area contributed by atoms with E-state index in [0.29, 0.717) is 18.2 Å². The Morgan fingerprint density at radius 1 is 1.12 bits per heavy atom. The third kappa shape index (κ3) is 6.42. The molecule has 1 heterocycles. The molecule has 3 atom stereocenters. The number of pyridine rings is 1. The maximum absolute atomic E-state index is 12.5. The largest absolute Gasteiger partial charge is 0.414 e. The smallest absolute Gasteiger partial charge is 0.412 e. The Morgan fingerprint density at radius 2 is 1.84 bits per heavy atom. The van der Waals surface area contributed by atoms with Gasteiger partial charge in [0.15, 0.2) is 14.1 Å². The average Bonchev–Trinajstić information content (AvgIpc) is 2.72. The lowest BCUT2D eigenvalue weighted by atomic mass is 9.77. The molecule has 1 amide bonds. The molecule has 1 fully saturated rings. The van der Waals surface area contributed by atoms with Crippen molar-refractivity contribution >= 4 is 14.4 Å². The van der Waals surface area contributed by atoms with Crippen LogP contribution in [0.2, 0.25) is 18.1 Å². The van der Waals surface area contributed by atoms with Gasteiger partial charge in [0.25, 0.3) is 0 Å². The number of benzene rings is 1. The van der Waals surface area contributed by atoms with Crippen LogP contribution in [0.15, 0.2) is 48.8 Å². The molecule has 0 aliphatic heterocycles. The number of amides is 1. The predicted octanol–water partition coefficient (Wildman–Crippen LogP) is 6.66. The van der Waals surface area contributed by atoms with Gasteiger partial charge in [-0.1, -0.05) is 58.0 Å². The Labute approximate surface area is 194 Å². The zero-order valence-electron chi connectivity index (χ0n) is 20.4. The van der Waals surface area contributed by atoms with Gasteiger partial charge >= 0.3 is 6.09 Å². The molecule has 0 bridgehead atoms. The van der Waals surface area contributed by atoms with Crippen LogP contribution < -0.4 is 10.1 Å². The number of aromatic nitrogens is 1. The van der Waals surface area contributed by atoms with Crippen LogP contribution in [0, 0.1) is 5.92 Å². The van der Waals surface area contributed by atoms with Gasteiger partial charge in [0, 0.05) is 24.4 Å². The van der Waals surface area contributed by atoms with E-state index in [9.17, 15) is 4.79 Å². The molecule has 1 aliphatic rings. The average molecular weight is 455 g/mol. The summed E-state index contributed by atoms with van der Waals surface area (Å²) >= 11 is 0. The van der Waals surface area contributed by atoms with Crippen molar-refractivity contribution in [1.29, 1.82) is 0 Å². The molecule has 0 spiro atoms. The van der Waals surface area contributed by atoms with E-state index >= 15 is 0 Å². The molecule has 1 aliphatic carbocycles. The van der Waals surface area contributed by atoms with E-state index < -0.39 is 14.4 Å². The third-order valence-corrected chi connectivity index (χ3v) is 11.4. The topological polar surface area (TPSA) is 60.5 Å². The summed E-state index contributed by atoms with van der Waals surface area (Å²) in [5.74, 6) is 1.38. The molecule has 0 radical (unpaired) electrons. The number of ether oxygens (including phenoxy) is 1. The van der Waals surface area contributed by atoms with E-state index in [2.05, 4.69) is 51.1 Å². The molecule has 1 aromatic carbocycles. The molecule has 174 valence electrons. The summed E-state index contributed by atoms with van der Waals surface area (Å²) in [6.07, 6.45) is 6.31. The van der Waals surface area contributed by atoms with Crippen molar-refractivity contribution in [3.05, 3.63) is 59.9 Å². The van der Waals surface area contributed by atoms with Crippen LogP contribution in [-0.4, -0.2) is 25.5 Å². The Morgan fingerprint density at radius 3 is 2.53 bits per heavy atom. The first-order valence-electron chi connectivity index (χ1n) is 11.7. The van der Waals surface area contributed by atoms with E-state index in [0.717, 1.165) is 30.4 Å². The number of carbonyl (C=O) groups excluding carboxylic acids is 1. The second kappa shape index (κ2) is 10.2. The van der Waals surface area contributed by atoms with Crippen LogP contribution >= 0.6 is 0 Å². The highest BCUT2D eigenvalue weighted by atomic mass is 28.4. The minimum Gasteiger partial charge on any atom is -0.414 e. The van der Waals surface area contributed by atoms with Crippen molar-refractivity contribution < 1.29 is 14.0 Å². The summed E-state index contributed by atoms with van der Waals surface area (Å²) in [6.45, 7) is 14.2. The van der Waals surface area contributed by atoms with Gasteiger partial charge < -0.3 is 14.5 Å². The van der Waals surface area contributed by atoms with Crippen molar-refractivity contribution in [3.63, 3.8) is 0 Å². The summed E-state index contributed by atoms with van der Waals surface area (Å²) < 4.78 is 12.5. The minimum absolute atomic E-state index is 0.185. The highest BCUT2D eigenvalue weighted by Crippen LogP contribution is 2.44. The van der Waals surface area contributed by atoms with Gasteiger partial charge in [-0.15, -0.1) is 0 Å². The molecule has 2 aromatic rings. The molecule has 6 heteroatoms. The molecular weight excluding hydrogens is 416 g/mol. The summed E-state index contributed by atoms with van der Waals surface area (Å²) in [5.41, 5.74) is 2.08. The zero-order valence-corrected chi connectivity index (χ0v) is 21.4. The first-order chi connectivity index (χ1) is 15.0. The Hall–Kier alpha value is -2.18. The van der Waals surface area contributed by atoms with Crippen molar-refractivity contribution in [3.8, 4) is 5.75 Å². The predicted molar refractivity (Wildman–Crippen MR) is 131 cm³/mol. The maximum Gasteiger partial charge on any atom is 0.412 e. The molecule has 32 heavy (non-hydrogen) atoms. The van der Waals surface area contributed by atoms with Crippen molar-refractivity contribution in [1.82, 2.24) is 10.3 Å². The summed E-state index contributed by atoms with van der Waals surface area (Å²) in [5, 5.41) is 3.02. The molecule has 1 aromatic heterocycles. The van der Waals surface area contributed by atoms with Gasteiger partial charge in [0.2, 0.25) is 0 Å². The second-order valence-electron chi connectivity index (χ2n) is 10.7. The number of hydrogen-bond acceptors (Lipinski definition) is 4. The summed E-state index contributed by atoms with van der Waals surface area (Å²) in [4.78, 5) is 16.7. The minimum atomic E-state index is -1.84. The van der Waals surface area contributed by atoms with Gasteiger partial charge in [0.05, 0.1) is 6.20 Å². The molecule has 3 unspecified atom stereocenters. The number of rotatable bonds is 6. The number of nitrogens with zero attached hydrogens (tertiary/aromatic N) is 1. The van der Waals surface area contributed by atoms with Gasteiger partial charge in [-0.3, -0.25) is 4.98 Å². The van der Waals surface area contributed by atoms with Crippen LogP contribution in [0.5, 0.6) is 5.75 Å². The van der Waals surface area contributed by atoms with Gasteiger partial charge in [-0.25, -0.2) is 4.79 Å². The van der Waals surface area contributed by atoms with Crippen LogP contribution in [0.3, 0.4) is 0 Å². The maximum atomic E-state index is 12.5. The Balaban J connectivity index is 1.68. The highest BCUT2D eigenvalue weighted by Gasteiger charge is 2.41. The molecule has 0 saturated heterocycles. The Kier molecular flexibility index (Phi) is 7.78. The van der Waals surface area contributed by atoms with Gasteiger partial charge in [-0.2, -0.15) is 0 Å². The van der Waals surface area contributed by atoms with Gasteiger partial charge in [0.1, 0.15) is 0 Å². The monoisotopic (exact) mass is 454 g/mol. The van der Waals surface area contributed by atoms with Gasteiger partial charge in [-0.05, 0) is 60.9 Å².